The van der Waals surface area contributed by atoms with Crippen molar-refractivity contribution in [3.63, 3.8) is 0 Å². The summed E-state index contributed by atoms with van der Waals surface area (Å²) in [6, 6.07) is 143. The fourth-order valence-electron chi connectivity index (χ4n) is 19.8. The average molecular weight is 1400 g/mol. The van der Waals surface area contributed by atoms with Crippen LogP contribution in [0.4, 0.5) is 0 Å². The monoisotopic (exact) mass is 1400 g/mol. The standard InChI is InChI=1S/C104H62N2S2/c1-3-21-63(22-4-1)73-55-74(64-23-5-2-6-24-64)57-76(56-73)106-96-62-99-93(103(91-37-19-20-38-97(91)107-99)87-33-15-11-29-79(87)80-30-12-16-34-88(80)103)60-86(96)84-51-45-72-54-70(44-49-78(72)102(84)106)71-46-52-92-98(58-71)108-100-61-95-85(59-94(100)104(92)89-35-17-13-31-81(89)82-32-14-18-36-90(82)104)83-50-43-67-26-9-10-28-77(67)101(83)105(95)75-47-41-66(42-48-75)69-40-39-65-25-7-8-27-68(65)53-69/h1-62H. The van der Waals surface area contributed by atoms with Crippen molar-refractivity contribution in [1.29, 1.82) is 0 Å². The lowest BCUT2D eigenvalue weighted by molar-refractivity contribution is 0.724. The minimum Gasteiger partial charge on any atom is -0.309 e. The van der Waals surface area contributed by atoms with E-state index in [0.717, 1.165) is 11.4 Å². The van der Waals surface area contributed by atoms with Gasteiger partial charge in [0, 0.05) is 63.3 Å². The molecule has 0 amide bonds. The number of fused-ring (bicyclic) bond motifs is 29. The van der Waals surface area contributed by atoms with Gasteiger partial charge in [-0.2, -0.15) is 0 Å². The molecule has 2 spiro atoms. The molecule has 2 aliphatic heterocycles. The average Bonchev–Trinajstić information content (AvgIpc) is 1.50. The molecule has 4 heterocycles. The normalized spacial score (nSPS) is 13.8. The molecule has 500 valence electrons. The number of rotatable bonds is 6. The molecule has 108 heavy (non-hydrogen) atoms. The number of benzene rings is 18. The van der Waals surface area contributed by atoms with Crippen LogP contribution in [0.1, 0.15) is 44.5 Å². The van der Waals surface area contributed by atoms with Crippen LogP contribution < -0.4 is 0 Å². The first-order valence-corrected chi connectivity index (χ1v) is 39.1. The molecular weight excluding hydrogens is 1340 g/mol. The van der Waals surface area contributed by atoms with Crippen molar-refractivity contribution in [3.05, 3.63) is 421 Å². The summed E-state index contributed by atoms with van der Waals surface area (Å²) >= 11 is 3.84. The first-order chi connectivity index (χ1) is 53.5. The molecule has 24 rings (SSSR count). The molecule has 0 atom stereocenters. The van der Waals surface area contributed by atoms with Gasteiger partial charge in [0.25, 0.3) is 0 Å². The maximum absolute atomic E-state index is 2.61. The lowest BCUT2D eigenvalue weighted by Crippen LogP contribution is -2.32. The SMILES string of the molecule is c1ccc(-c2cc(-c3ccccc3)cc(-n3c4cc5c(cc4c4ccc6cc(-c7ccc8c(c7)Sc7cc9c(cc7C87c8ccccc8-c8ccccc87)c7ccc8ccccc8c7n9-c7ccc(-c8ccc9ccccc9c8)cc7)ccc6c43)C3(c4ccccc4S5)c4ccccc4-c4ccccc43)c2)cc1. The van der Waals surface area contributed by atoms with E-state index in [1.807, 2.05) is 23.5 Å². The molecule has 0 N–H and O–H groups in total. The van der Waals surface area contributed by atoms with Crippen LogP contribution in [0.15, 0.2) is 396 Å². The second kappa shape index (κ2) is 22.8. The fraction of sp³-hybridized carbons (Fsp3) is 0.0192. The van der Waals surface area contributed by atoms with Gasteiger partial charge in [0.2, 0.25) is 0 Å². The van der Waals surface area contributed by atoms with Gasteiger partial charge in [-0.1, -0.05) is 321 Å². The molecule has 0 unspecified atom stereocenters. The van der Waals surface area contributed by atoms with Crippen LogP contribution in [0, 0.1) is 0 Å². The Morgan fingerprint density at radius 3 is 1.18 bits per heavy atom. The van der Waals surface area contributed by atoms with Crippen LogP contribution in [-0.2, 0) is 10.8 Å². The Morgan fingerprint density at radius 2 is 0.574 bits per heavy atom. The fourth-order valence-corrected chi connectivity index (χ4v) is 22.2. The van der Waals surface area contributed by atoms with Crippen molar-refractivity contribution in [2.75, 3.05) is 0 Å². The summed E-state index contributed by atoms with van der Waals surface area (Å²) in [6.07, 6.45) is 0. The maximum Gasteiger partial charge on any atom is 0.0735 e. The first-order valence-electron chi connectivity index (χ1n) is 37.4. The summed E-state index contributed by atoms with van der Waals surface area (Å²) in [5, 5.41) is 12.3. The van der Waals surface area contributed by atoms with E-state index in [0.29, 0.717) is 0 Å². The molecule has 20 aromatic rings. The van der Waals surface area contributed by atoms with Gasteiger partial charge in [0.15, 0.2) is 0 Å². The van der Waals surface area contributed by atoms with Crippen molar-refractivity contribution in [1.82, 2.24) is 9.13 Å². The largest absolute Gasteiger partial charge is 0.309 e. The summed E-state index contributed by atoms with van der Waals surface area (Å²) in [5.74, 6) is 0. The molecule has 4 aliphatic rings. The molecule has 0 radical (unpaired) electrons. The molecule has 2 aromatic heterocycles. The third-order valence-corrected chi connectivity index (χ3v) is 26.6. The highest BCUT2D eigenvalue weighted by Gasteiger charge is 2.52. The number of nitrogens with zero attached hydrogens (tertiary/aromatic N) is 2. The Morgan fingerprint density at radius 1 is 0.185 bits per heavy atom. The van der Waals surface area contributed by atoms with Crippen LogP contribution >= 0.6 is 23.5 Å². The lowest BCUT2D eigenvalue weighted by atomic mass is 9.67. The van der Waals surface area contributed by atoms with E-state index in [1.165, 1.54) is 207 Å². The molecule has 18 aromatic carbocycles. The van der Waals surface area contributed by atoms with Gasteiger partial charge in [0.1, 0.15) is 0 Å². The Balaban J connectivity index is 0.718. The van der Waals surface area contributed by atoms with Gasteiger partial charge in [-0.25, -0.2) is 0 Å². The van der Waals surface area contributed by atoms with E-state index < -0.39 is 10.8 Å². The first kappa shape index (κ1) is 60.3. The van der Waals surface area contributed by atoms with E-state index in [2.05, 4.69) is 385 Å². The third kappa shape index (κ3) is 8.36. The van der Waals surface area contributed by atoms with Crippen LogP contribution in [0.2, 0.25) is 0 Å². The van der Waals surface area contributed by atoms with E-state index in [1.54, 1.807) is 0 Å². The van der Waals surface area contributed by atoms with E-state index in [9.17, 15) is 0 Å². The Bertz CT molecular complexity index is 7150. The highest BCUT2D eigenvalue weighted by atomic mass is 32.2. The van der Waals surface area contributed by atoms with E-state index in [4.69, 9.17) is 0 Å². The summed E-state index contributed by atoms with van der Waals surface area (Å²) in [6.45, 7) is 0. The van der Waals surface area contributed by atoms with Gasteiger partial charge < -0.3 is 9.13 Å². The Kier molecular flexibility index (Phi) is 12.7. The predicted octanol–water partition coefficient (Wildman–Crippen LogP) is 27.7. The molecule has 0 fully saturated rings. The van der Waals surface area contributed by atoms with E-state index >= 15 is 0 Å². The minimum absolute atomic E-state index is 0.528. The number of hydrogen-bond acceptors (Lipinski definition) is 2. The molecule has 0 saturated carbocycles. The zero-order valence-electron chi connectivity index (χ0n) is 58.5. The molecule has 2 aliphatic carbocycles. The number of hydrogen-bond donors (Lipinski definition) is 0. The predicted molar refractivity (Wildman–Crippen MR) is 452 cm³/mol. The zero-order chi connectivity index (χ0) is 70.5. The van der Waals surface area contributed by atoms with Crippen molar-refractivity contribution in [2.45, 2.75) is 30.4 Å². The van der Waals surface area contributed by atoms with Gasteiger partial charge in [0.05, 0.1) is 32.9 Å². The van der Waals surface area contributed by atoms with Crippen molar-refractivity contribution in [2.24, 2.45) is 0 Å². The zero-order valence-corrected chi connectivity index (χ0v) is 60.1. The van der Waals surface area contributed by atoms with Crippen molar-refractivity contribution < 1.29 is 0 Å². The smallest absolute Gasteiger partial charge is 0.0735 e. The van der Waals surface area contributed by atoms with E-state index in [-0.39, 0.29) is 0 Å². The maximum atomic E-state index is 2.61. The number of aromatic nitrogens is 2. The van der Waals surface area contributed by atoms with Crippen LogP contribution in [-0.4, -0.2) is 9.13 Å². The van der Waals surface area contributed by atoms with Crippen LogP contribution in [0.5, 0.6) is 0 Å². The minimum atomic E-state index is -0.603. The molecule has 2 nitrogen and oxygen atoms in total. The van der Waals surface area contributed by atoms with Crippen LogP contribution in [0.3, 0.4) is 0 Å². The Labute approximate surface area is 633 Å². The third-order valence-electron chi connectivity index (χ3n) is 24.4. The molecule has 0 bridgehead atoms. The molecule has 0 saturated heterocycles. The molecular formula is C104H62N2S2. The summed E-state index contributed by atoms with van der Waals surface area (Å²) in [5.41, 5.74) is 31.2. The lowest BCUT2D eigenvalue weighted by Gasteiger charge is -2.40. The summed E-state index contributed by atoms with van der Waals surface area (Å²) in [7, 11) is 0. The summed E-state index contributed by atoms with van der Waals surface area (Å²) < 4.78 is 5.16. The van der Waals surface area contributed by atoms with Gasteiger partial charge in [-0.05, 0) is 212 Å². The molecule has 4 heteroatoms. The Hall–Kier alpha value is -13.0. The van der Waals surface area contributed by atoms with Gasteiger partial charge in [-0.15, -0.1) is 0 Å². The second-order valence-electron chi connectivity index (χ2n) is 29.7. The van der Waals surface area contributed by atoms with Gasteiger partial charge in [-0.3, -0.25) is 0 Å². The highest BCUT2D eigenvalue weighted by molar-refractivity contribution is 7.99. The van der Waals surface area contributed by atoms with Crippen molar-refractivity contribution in [3.8, 4) is 78.1 Å². The second-order valence-corrected chi connectivity index (χ2v) is 31.9. The van der Waals surface area contributed by atoms with Crippen LogP contribution in [0.25, 0.3) is 154 Å². The highest BCUT2D eigenvalue weighted by Crippen LogP contribution is 2.66. The summed E-state index contributed by atoms with van der Waals surface area (Å²) in [4.78, 5) is 5.08. The van der Waals surface area contributed by atoms with Crippen molar-refractivity contribution >= 4 is 99.5 Å². The van der Waals surface area contributed by atoms with Gasteiger partial charge >= 0.3 is 0 Å². The quantitative estimate of drug-likeness (QED) is 0.164. The topological polar surface area (TPSA) is 9.86 Å².